The molecule has 128 valence electrons. The van der Waals surface area contributed by atoms with Gasteiger partial charge in [0, 0.05) is 11.5 Å². The summed E-state index contributed by atoms with van der Waals surface area (Å²) < 4.78 is 0. The van der Waals surface area contributed by atoms with Crippen molar-refractivity contribution in [3.05, 3.63) is 35.4 Å². The summed E-state index contributed by atoms with van der Waals surface area (Å²) in [4.78, 5) is 22.4. The lowest BCUT2D eigenvalue weighted by Gasteiger charge is -2.22. The highest BCUT2D eigenvalue weighted by Crippen LogP contribution is 2.25. The number of carbonyl (C=O) groups is 2. The number of benzene rings is 1. The third-order valence-corrected chi connectivity index (χ3v) is 3.90. The molecular weight excluding hydrogens is 290 g/mol. The van der Waals surface area contributed by atoms with Crippen molar-refractivity contribution in [3.8, 4) is 0 Å². The Bertz CT molecular complexity index is 530. The number of primary amides is 1. The number of amides is 2. The summed E-state index contributed by atoms with van der Waals surface area (Å²) in [7, 11) is 0. The first-order valence-electron chi connectivity index (χ1n) is 8.10. The molecule has 0 aliphatic heterocycles. The second-order valence-corrected chi connectivity index (χ2v) is 7.32. The fraction of sp³-hybridized carbons (Fsp3) is 0.556. The van der Waals surface area contributed by atoms with Crippen LogP contribution in [0.15, 0.2) is 24.3 Å². The molecule has 0 heterocycles. The molecule has 0 aliphatic carbocycles. The van der Waals surface area contributed by atoms with E-state index in [1.165, 1.54) is 11.1 Å². The van der Waals surface area contributed by atoms with Gasteiger partial charge in [0.25, 0.3) is 5.91 Å². The maximum atomic E-state index is 11.7. The van der Waals surface area contributed by atoms with Gasteiger partial charge in [-0.25, -0.2) is 0 Å². The second kappa shape index (κ2) is 8.11. The molecule has 5 heteroatoms. The van der Waals surface area contributed by atoms with Gasteiger partial charge in [0.05, 0.1) is 6.54 Å². The highest BCUT2D eigenvalue weighted by Gasteiger charge is 2.21. The van der Waals surface area contributed by atoms with E-state index in [0.717, 1.165) is 0 Å². The van der Waals surface area contributed by atoms with E-state index in [0.29, 0.717) is 5.92 Å². The lowest BCUT2D eigenvalue weighted by molar-refractivity contribution is -0.692. The quantitative estimate of drug-likeness (QED) is 0.695. The highest BCUT2D eigenvalue weighted by molar-refractivity contribution is 5.83. The van der Waals surface area contributed by atoms with Gasteiger partial charge < -0.3 is 16.4 Å². The summed E-state index contributed by atoms with van der Waals surface area (Å²) in [5.41, 5.74) is 7.65. The van der Waals surface area contributed by atoms with Crippen molar-refractivity contribution in [1.82, 2.24) is 5.32 Å². The van der Waals surface area contributed by atoms with Crippen molar-refractivity contribution in [1.29, 1.82) is 0 Å². The van der Waals surface area contributed by atoms with Crippen molar-refractivity contribution in [3.63, 3.8) is 0 Å². The number of carbonyl (C=O) groups excluding carboxylic acids is 2. The molecule has 0 fully saturated rings. The van der Waals surface area contributed by atoms with Crippen LogP contribution in [0.5, 0.6) is 0 Å². The maximum absolute atomic E-state index is 11.7. The standard InChI is InChI=1S/C18H29N3O2/c1-12(2)17(21-11-16(23)20-10-15(19)22)13-6-8-14(9-7-13)18(3,4)5/h6-9,12,17,21H,10-11H2,1-5H3,(H2,19,22)(H,20,23)/p+1/t17-/m1/s1. The summed E-state index contributed by atoms with van der Waals surface area (Å²) in [5, 5.41) is 4.52. The molecule has 2 amide bonds. The first-order valence-corrected chi connectivity index (χ1v) is 8.10. The molecule has 1 atom stereocenters. The molecule has 0 spiro atoms. The Morgan fingerprint density at radius 1 is 1.17 bits per heavy atom. The minimum Gasteiger partial charge on any atom is -0.368 e. The van der Waals surface area contributed by atoms with Gasteiger partial charge in [0.1, 0.15) is 6.04 Å². The van der Waals surface area contributed by atoms with Gasteiger partial charge in [-0.2, -0.15) is 0 Å². The minimum atomic E-state index is -0.531. The second-order valence-electron chi connectivity index (χ2n) is 7.32. The van der Waals surface area contributed by atoms with Gasteiger partial charge in [-0.3, -0.25) is 9.59 Å². The number of rotatable bonds is 7. The molecule has 0 saturated heterocycles. The third-order valence-electron chi connectivity index (χ3n) is 3.90. The Balaban J connectivity index is 2.71. The smallest absolute Gasteiger partial charge is 0.275 e. The highest BCUT2D eigenvalue weighted by atomic mass is 16.2. The summed E-state index contributed by atoms with van der Waals surface area (Å²) in [6.07, 6.45) is 0. The van der Waals surface area contributed by atoms with Gasteiger partial charge in [-0.15, -0.1) is 0 Å². The fourth-order valence-electron chi connectivity index (χ4n) is 2.49. The molecule has 0 radical (unpaired) electrons. The van der Waals surface area contributed by atoms with Gasteiger partial charge in [0.2, 0.25) is 5.91 Å². The van der Waals surface area contributed by atoms with Crippen molar-refractivity contribution in [2.45, 2.75) is 46.1 Å². The molecule has 1 aromatic carbocycles. The number of hydrogen-bond donors (Lipinski definition) is 3. The Kier molecular flexibility index (Phi) is 6.76. The van der Waals surface area contributed by atoms with Gasteiger partial charge in [-0.1, -0.05) is 58.9 Å². The van der Waals surface area contributed by atoms with Crippen LogP contribution in [0.4, 0.5) is 0 Å². The Morgan fingerprint density at radius 3 is 2.17 bits per heavy atom. The zero-order chi connectivity index (χ0) is 17.6. The van der Waals surface area contributed by atoms with Gasteiger partial charge >= 0.3 is 0 Å². The molecule has 0 bridgehead atoms. The number of nitrogens with one attached hydrogen (secondary N) is 1. The van der Waals surface area contributed by atoms with Crippen LogP contribution in [-0.4, -0.2) is 24.9 Å². The Morgan fingerprint density at radius 2 is 1.74 bits per heavy atom. The third kappa shape index (κ3) is 6.40. The number of quaternary nitrogens is 1. The largest absolute Gasteiger partial charge is 0.368 e. The van der Waals surface area contributed by atoms with Gasteiger partial charge in [0.15, 0.2) is 6.54 Å². The average molecular weight is 320 g/mol. The number of hydrogen-bond acceptors (Lipinski definition) is 2. The maximum Gasteiger partial charge on any atom is 0.275 e. The predicted molar refractivity (Wildman–Crippen MR) is 91.7 cm³/mol. The Labute approximate surface area is 139 Å². The molecule has 5 nitrogen and oxygen atoms in total. The normalized spacial score (nSPS) is 13.0. The van der Waals surface area contributed by atoms with E-state index in [2.05, 4.69) is 64.2 Å². The summed E-state index contributed by atoms with van der Waals surface area (Å²) in [6, 6.07) is 8.80. The van der Waals surface area contributed by atoms with E-state index >= 15 is 0 Å². The molecule has 0 aliphatic rings. The van der Waals surface area contributed by atoms with Crippen LogP contribution < -0.4 is 16.4 Å². The minimum absolute atomic E-state index is 0.112. The monoisotopic (exact) mass is 320 g/mol. The van der Waals surface area contributed by atoms with E-state index in [1.54, 1.807) is 0 Å². The van der Waals surface area contributed by atoms with Gasteiger partial charge in [-0.05, 0) is 11.0 Å². The first kappa shape index (κ1) is 19.2. The van der Waals surface area contributed by atoms with E-state index in [-0.39, 0.29) is 30.5 Å². The molecule has 0 saturated carbocycles. The van der Waals surface area contributed by atoms with E-state index < -0.39 is 5.91 Å². The summed E-state index contributed by atoms with van der Waals surface area (Å²) in [6.45, 7) is 11.0. The van der Waals surface area contributed by atoms with Crippen LogP contribution in [0, 0.1) is 5.92 Å². The molecule has 23 heavy (non-hydrogen) atoms. The molecule has 1 aromatic rings. The van der Waals surface area contributed by atoms with Crippen molar-refractivity contribution < 1.29 is 14.9 Å². The van der Waals surface area contributed by atoms with E-state index in [1.807, 2.05) is 5.32 Å². The first-order chi connectivity index (χ1) is 10.6. The van der Waals surface area contributed by atoms with Crippen LogP contribution in [-0.2, 0) is 15.0 Å². The molecule has 5 N–H and O–H groups in total. The van der Waals surface area contributed by atoms with Crippen LogP contribution >= 0.6 is 0 Å². The van der Waals surface area contributed by atoms with Crippen molar-refractivity contribution in [2.75, 3.05) is 13.1 Å². The SMILES string of the molecule is CC(C)[C@@H]([NH2+]CC(=O)NCC(N)=O)c1ccc(C(C)(C)C)cc1. The fourth-order valence-corrected chi connectivity index (χ4v) is 2.49. The number of nitrogens with two attached hydrogens (primary N) is 2. The topological polar surface area (TPSA) is 88.8 Å². The van der Waals surface area contributed by atoms with E-state index in [4.69, 9.17) is 5.73 Å². The van der Waals surface area contributed by atoms with Crippen LogP contribution in [0.1, 0.15) is 51.8 Å². The summed E-state index contributed by atoms with van der Waals surface area (Å²) in [5.74, 6) is -0.322. The lowest BCUT2D eigenvalue weighted by Crippen LogP contribution is -2.88. The predicted octanol–water partition coefficient (Wildman–Crippen LogP) is 0.846. The molecule has 0 aromatic heterocycles. The Hall–Kier alpha value is -1.88. The molecule has 1 rings (SSSR count). The zero-order valence-corrected chi connectivity index (χ0v) is 14.8. The van der Waals surface area contributed by atoms with Crippen LogP contribution in [0.3, 0.4) is 0 Å². The van der Waals surface area contributed by atoms with Crippen LogP contribution in [0.25, 0.3) is 0 Å². The van der Waals surface area contributed by atoms with Crippen LogP contribution in [0.2, 0.25) is 0 Å². The average Bonchev–Trinajstić information content (AvgIpc) is 2.44. The molecular formula is C18H30N3O2+. The molecule has 0 unspecified atom stereocenters. The van der Waals surface area contributed by atoms with Crippen molar-refractivity contribution >= 4 is 11.8 Å². The summed E-state index contributed by atoms with van der Waals surface area (Å²) >= 11 is 0. The van der Waals surface area contributed by atoms with Crippen molar-refractivity contribution in [2.24, 2.45) is 11.7 Å². The van der Waals surface area contributed by atoms with E-state index in [9.17, 15) is 9.59 Å². The zero-order valence-electron chi connectivity index (χ0n) is 14.8. The lowest BCUT2D eigenvalue weighted by atomic mass is 9.85.